The fourth-order valence-corrected chi connectivity index (χ4v) is 2.92. The molecule has 1 aliphatic carbocycles. The highest BCUT2D eigenvalue weighted by atomic mass is 19.1. The van der Waals surface area contributed by atoms with Crippen molar-refractivity contribution >= 4 is 5.91 Å². The summed E-state index contributed by atoms with van der Waals surface area (Å²) in [6, 6.07) is 9.71. The maximum atomic E-state index is 13.1. The number of halogens is 1. The van der Waals surface area contributed by atoms with Crippen molar-refractivity contribution in [3.05, 3.63) is 59.8 Å². The molecule has 1 fully saturated rings. The third-order valence-electron chi connectivity index (χ3n) is 3.95. The highest BCUT2D eigenvalue weighted by Crippen LogP contribution is 2.39. The summed E-state index contributed by atoms with van der Waals surface area (Å²) < 4.78 is 18.2. The zero-order valence-corrected chi connectivity index (χ0v) is 11.1. The van der Waals surface area contributed by atoms with E-state index in [4.69, 9.17) is 4.42 Å². The molecule has 3 rings (SSSR count). The van der Waals surface area contributed by atoms with Gasteiger partial charge in [-0.15, -0.1) is 0 Å². The first kappa shape index (κ1) is 12.9. The first-order valence-electron chi connectivity index (χ1n) is 6.82. The van der Waals surface area contributed by atoms with Gasteiger partial charge in [-0.1, -0.05) is 25.0 Å². The predicted molar refractivity (Wildman–Crippen MR) is 72.7 cm³/mol. The van der Waals surface area contributed by atoms with Crippen LogP contribution in [0.2, 0.25) is 0 Å². The molecule has 0 aliphatic heterocycles. The number of benzene rings is 1. The molecule has 1 aromatic heterocycles. The lowest BCUT2D eigenvalue weighted by molar-refractivity contribution is 0.0869. The Morgan fingerprint density at radius 1 is 1.15 bits per heavy atom. The van der Waals surface area contributed by atoms with Gasteiger partial charge in [0.2, 0.25) is 0 Å². The Hall–Kier alpha value is -2.10. The number of hydrogen-bond acceptors (Lipinski definition) is 2. The van der Waals surface area contributed by atoms with Crippen molar-refractivity contribution in [1.82, 2.24) is 5.32 Å². The molecule has 0 unspecified atom stereocenters. The SMILES string of the molecule is O=C(NC1(c2ccc(F)cc2)CCCC1)c1ccco1. The third-order valence-corrected chi connectivity index (χ3v) is 3.95. The minimum absolute atomic E-state index is 0.221. The average molecular weight is 273 g/mol. The van der Waals surface area contributed by atoms with Gasteiger partial charge in [0, 0.05) is 0 Å². The lowest BCUT2D eigenvalue weighted by atomic mass is 9.88. The van der Waals surface area contributed by atoms with E-state index < -0.39 is 5.54 Å². The number of nitrogens with one attached hydrogen (secondary N) is 1. The van der Waals surface area contributed by atoms with Crippen LogP contribution in [-0.4, -0.2) is 5.91 Å². The van der Waals surface area contributed by atoms with Crippen LogP contribution in [0, 0.1) is 5.82 Å². The molecule has 1 amide bonds. The van der Waals surface area contributed by atoms with E-state index >= 15 is 0 Å². The Morgan fingerprint density at radius 3 is 2.45 bits per heavy atom. The van der Waals surface area contributed by atoms with Crippen LogP contribution in [-0.2, 0) is 5.54 Å². The maximum Gasteiger partial charge on any atom is 0.287 e. The van der Waals surface area contributed by atoms with Gasteiger partial charge in [0.25, 0.3) is 5.91 Å². The standard InChI is InChI=1S/C16H16FNO2/c17-13-7-5-12(6-8-13)16(9-1-2-10-16)18-15(19)14-4-3-11-20-14/h3-8,11H,1-2,9-10H2,(H,18,19). The number of rotatable bonds is 3. The molecule has 4 heteroatoms. The van der Waals surface area contributed by atoms with Crippen molar-refractivity contribution < 1.29 is 13.6 Å². The normalized spacial score (nSPS) is 17.1. The van der Waals surface area contributed by atoms with Gasteiger partial charge in [0.15, 0.2) is 5.76 Å². The molecular formula is C16H16FNO2. The number of hydrogen-bond donors (Lipinski definition) is 1. The summed E-state index contributed by atoms with van der Waals surface area (Å²) >= 11 is 0. The fraction of sp³-hybridized carbons (Fsp3) is 0.312. The molecule has 0 bridgehead atoms. The molecule has 104 valence electrons. The summed E-state index contributed by atoms with van der Waals surface area (Å²) in [7, 11) is 0. The highest BCUT2D eigenvalue weighted by Gasteiger charge is 2.37. The monoisotopic (exact) mass is 273 g/mol. The topological polar surface area (TPSA) is 42.2 Å². The van der Waals surface area contributed by atoms with Gasteiger partial charge in [-0.3, -0.25) is 4.79 Å². The van der Waals surface area contributed by atoms with Gasteiger partial charge in [0.05, 0.1) is 11.8 Å². The van der Waals surface area contributed by atoms with Gasteiger partial charge in [-0.2, -0.15) is 0 Å². The van der Waals surface area contributed by atoms with Crippen molar-refractivity contribution in [3.8, 4) is 0 Å². The first-order chi connectivity index (χ1) is 9.70. The van der Waals surface area contributed by atoms with E-state index in [1.54, 1.807) is 24.3 Å². The molecule has 1 saturated carbocycles. The van der Waals surface area contributed by atoms with Crippen LogP contribution >= 0.6 is 0 Å². The van der Waals surface area contributed by atoms with Gasteiger partial charge in [-0.05, 0) is 42.7 Å². The minimum atomic E-state index is -0.405. The van der Waals surface area contributed by atoms with Crippen molar-refractivity contribution in [2.75, 3.05) is 0 Å². The van der Waals surface area contributed by atoms with E-state index in [-0.39, 0.29) is 11.7 Å². The number of carbonyl (C=O) groups is 1. The zero-order valence-electron chi connectivity index (χ0n) is 11.1. The van der Waals surface area contributed by atoms with Gasteiger partial charge >= 0.3 is 0 Å². The summed E-state index contributed by atoms with van der Waals surface area (Å²) in [5, 5.41) is 3.08. The molecule has 3 nitrogen and oxygen atoms in total. The summed E-state index contributed by atoms with van der Waals surface area (Å²) in [6.07, 6.45) is 5.32. The van der Waals surface area contributed by atoms with Crippen LogP contribution in [0.25, 0.3) is 0 Å². The van der Waals surface area contributed by atoms with Crippen molar-refractivity contribution in [3.63, 3.8) is 0 Å². The van der Waals surface area contributed by atoms with E-state index in [1.165, 1.54) is 18.4 Å². The molecule has 0 atom stereocenters. The quantitative estimate of drug-likeness (QED) is 0.928. The Balaban J connectivity index is 1.88. The molecule has 0 spiro atoms. The van der Waals surface area contributed by atoms with Crippen molar-refractivity contribution in [2.24, 2.45) is 0 Å². The van der Waals surface area contributed by atoms with Gasteiger partial charge in [-0.25, -0.2) is 4.39 Å². The summed E-state index contributed by atoms with van der Waals surface area (Å²) in [5.41, 5.74) is 0.550. The van der Waals surface area contributed by atoms with E-state index in [0.29, 0.717) is 5.76 Å². The fourth-order valence-electron chi connectivity index (χ4n) is 2.92. The number of furan rings is 1. The lowest BCUT2D eigenvalue weighted by Gasteiger charge is -2.30. The third kappa shape index (κ3) is 2.33. The molecule has 1 heterocycles. The van der Waals surface area contributed by atoms with Crippen LogP contribution in [0.1, 0.15) is 41.8 Å². The summed E-state index contributed by atoms with van der Waals surface area (Å²) in [5.74, 6) is -0.182. The first-order valence-corrected chi connectivity index (χ1v) is 6.82. The van der Waals surface area contributed by atoms with Crippen LogP contribution in [0.5, 0.6) is 0 Å². The molecular weight excluding hydrogens is 257 g/mol. The van der Waals surface area contributed by atoms with Crippen LogP contribution in [0.4, 0.5) is 4.39 Å². The second-order valence-corrected chi connectivity index (χ2v) is 5.23. The van der Waals surface area contributed by atoms with Gasteiger partial charge in [0.1, 0.15) is 5.82 Å². The molecule has 1 N–H and O–H groups in total. The number of carbonyl (C=O) groups excluding carboxylic acids is 1. The Morgan fingerprint density at radius 2 is 1.85 bits per heavy atom. The number of amides is 1. The summed E-state index contributed by atoms with van der Waals surface area (Å²) in [4.78, 5) is 12.2. The van der Waals surface area contributed by atoms with E-state index in [2.05, 4.69) is 5.32 Å². The average Bonchev–Trinajstić information content (AvgIpc) is 3.10. The van der Waals surface area contributed by atoms with Crippen LogP contribution < -0.4 is 5.32 Å². The second kappa shape index (κ2) is 5.12. The maximum absolute atomic E-state index is 13.1. The van der Waals surface area contributed by atoms with E-state index in [0.717, 1.165) is 31.2 Å². The highest BCUT2D eigenvalue weighted by molar-refractivity contribution is 5.92. The Bertz CT molecular complexity index is 583. The Labute approximate surface area is 116 Å². The van der Waals surface area contributed by atoms with Crippen molar-refractivity contribution in [1.29, 1.82) is 0 Å². The minimum Gasteiger partial charge on any atom is -0.459 e. The van der Waals surface area contributed by atoms with Crippen molar-refractivity contribution in [2.45, 2.75) is 31.2 Å². The van der Waals surface area contributed by atoms with Crippen LogP contribution in [0.15, 0.2) is 47.1 Å². The van der Waals surface area contributed by atoms with E-state index in [9.17, 15) is 9.18 Å². The molecule has 0 radical (unpaired) electrons. The van der Waals surface area contributed by atoms with Gasteiger partial charge < -0.3 is 9.73 Å². The predicted octanol–water partition coefficient (Wildman–Crippen LogP) is 3.62. The lowest BCUT2D eigenvalue weighted by Crippen LogP contribution is -2.43. The molecule has 0 saturated heterocycles. The smallest absolute Gasteiger partial charge is 0.287 e. The molecule has 20 heavy (non-hydrogen) atoms. The Kier molecular flexibility index (Phi) is 3.30. The zero-order chi connectivity index (χ0) is 14.0. The molecule has 1 aliphatic rings. The largest absolute Gasteiger partial charge is 0.459 e. The molecule has 1 aromatic carbocycles. The molecule has 2 aromatic rings. The second-order valence-electron chi connectivity index (χ2n) is 5.23. The summed E-state index contributed by atoms with van der Waals surface area (Å²) in [6.45, 7) is 0. The van der Waals surface area contributed by atoms with E-state index in [1.807, 2.05) is 0 Å². The van der Waals surface area contributed by atoms with Crippen LogP contribution in [0.3, 0.4) is 0 Å².